The van der Waals surface area contributed by atoms with Crippen LogP contribution in [0.5, 0.6) is 0 Å². The maximum Gasteiger partial charge on any atom is 0.295 e. The molecular weight excluding hydrogens is 422 g/mol. The lowest BCUT2D eigenvalue weighted by Gasteiger charge is -2.33. The number of rotatable bonds is 4. The molecule has 3 unspecified atom stereocenters. The second-order valence-corrected chi connectivity index (χ2v) is 8.60. The number of hydrogen-bond acceptors (Lipinski definition) is 4. The molecule has 28 heavy (non-hydrogen) atoms. The lowest BCUT2D eigenvalue weighted by molar-refractivity contribution is -0.141. The van der Waals surface area contributed by atoms with Crippen LogP contribution in [0.1, 0.15) is 37.7 Å². The minimum absolute atomic E-state index is 0.0347. The summed E-state index contributed by atoms with van der Waals surface area (Å²) in [4.78, 5) is 27.5. The SMILES string of the molecule is O=C1C(=O)N(CC2CCCO2)C(C2CC=CCC2)/C1=C(\O)c1ccc(Br)cc1. The fraction of sp³-hybridized carbons (Fsp3) is 0.455. The Morgan fingerprint density at radius 1 is 1.18 bits per heavy atom. The summed E-state index contributed by atoms with van der Waals surface area (Å²) in [7, 11) is 0. The first kappa shape index (κ1) is 19.4. The van der Waals surface area contributed by atoms with Crippen molar-refractivity contribution in [2.45, 2.75) is 44.2 Å². The Kier molecular flexibility index (Phi) is 5.69. The average Bonchev–Trinajstić information content (AvgIpc) is 3.31. The van der Waals surface area contributed by atoms with Crippen molar-refractivity contribution in [1.29, 1.82) is 0 Å². The molecule has 2 saturated heterocycles. The van der Waals surface area contributed by atoms with Crippen molar-refractivity contribution in [1.82, 2.24) is 4.90 Å². The number of hydrogen-bond donors (Lipinski definition) is 1. The van der Waals surface area contributed by atoms with Gasteiger partial charge in [-0.05, 0) is 50.2 Å². The van der Waals surface area contributed by atoms with Gasteiger partial charge in [-0.3, -0.25) is 9.59 Å². The highest BCUT2D eigenvalue weighted by molar-refractivity contribution is 9.10. The van der Waals surface area contributed by atoms with Crippen LogP contribution < -0.4 is 0 Å². The number of benzene rings is 1. The van der Waals surface area contributed by atoms with E-state index in [2.05, 4.69) is 28.1 Å². The summed E-state index contributed by atoms with van der Waals surface area (Å²) in [5.41, 5.74) is 0.792. The Balaban J connectivity index is 1.74. The van der Waals surface area contributed by atoms with Crippen LogP contribution in [-0.4, -0.2) is 47.0 Å². The zero-order chi connectivity index (χ0) is 19.7. The molecule has 3 aliphatic rings. The molecule has 0 bridgehead atoms. The van der Waals surface area contributed by atoms with Crippen LogP contribution in [0.15, 0.2) is 46.5 Å². The quantitative estimate of drug-likeness (QED) is 0.328. The van der Waals surface area contributed by atoms with Crippen molar-refractivity contribution in [3.63, 3.8) is 0 Å². The molecule has 0 spiro atoms. The Bertz CT molecular complexity index is 823. The van der Waals surface area contributed by atoms with Crippen molar-refractivity contribution in [3.05, 3.63) is 52.0 Å². The van der Waals surface area contributed by atoms with Crippen molar-refractivity contribution in [2.24, 2.45) is 5.92 Å². The summed E-state index contributed by atoms with van der Waals surface area (Å²) in [5.74, 6) is -1.07. The summed E-state index contributed by atoms with van der Waals surface area (Å²) in [5, 5.41) is 11.0. The lowest BCUT2D eigenvalue weighted by Crippen LogP contribution is -2.43. The van der Waals surface area contributed by atoms with Crippen LogP contribution in [0, 0.1) is 5.92 Å². The van der Waals surface area contributed by atoms with Crippen LogP contribution in [0.2, 0.25) is 0 Å². The molecule has 1 aromatic carbocycles. The van der Waals surface area contributed by atoms with Crippen LogP contribution >= 0.6 is 15.9 Å². The van der Waals surface area contributed by atoms with Gasteiger partial charge in [0.15, 0.2) is 0 Å². The van der Waals surface area contributed by atoms with E-state index in [-0.39, 0.29) is 23.4 Å². The minimum Gasteiger partial charge on any atom is -0.507 e. The Hall–Kier alpha value is -1.92. The number of halogens is 1. The van der Waals surface area contributed by atoms with E-state index in [1.54, 1.807) is 17.0 Å². The van der Waals surface area contributed by atoms with Gasteiger partial charge in [-0.2, -0.15) is 0 Å². The van der Waals surface area contributed by atoms with Gasteiger partial charge < -0.3 is 14.7 Å². The van der Waals surface area contributed by atoms with Gasteiger partial charge in [-0.1, -0.05) is 40.2 Å². The van der Waals surface area contributed by atoms with E-state index in [1.807, 2.05) is 12.1 Å². The molecule has 1 N–H and O–H groups in total. The number of ether oxygens (including phenoxy) is 1. The van der Waals surface area contributed by atoms with Gasteiger partial charge in [0.2, 0.25) is 0 Å². The largest absolute Gasteiger partial charge is 0.507 e. The first-order chi connectivity index (χ1) is 13.6. The Morgan fingerprint density at radius 2 is 1.96 bits per heavy atom. The molecule has 0 saturated carbocycles. The number of aliphatic hydroxyl groups excluding tert-OH is 1. The minimum atomic E-state index is -0.585. The molecule has 4 rings (SSSR count). The van der Waals surface area contributed by atoms with Crippen LogP contribution in [0.25, 0.3) is 5.76 Å². The maximum atomic E-state index is 12.9. The maximum absolute atomic E-state index is 12.9. The fourth-order valence-corrected chi connectivity index (χ4v) is 4.74. The third kappa shape index (κ3) is 3.67. The number of aliphatic hydroxyl groups is 1. The Morgan fingerprint density at radius 3 is 2.61 bits per heavy atom. The van der Waals surface area contributed by atoms with Gasteiger partial charge in [-0.15, -0.1) is 0 Å². The van der Waals surface area contributed by atoms with E-state index in [4.69, 9.17) is 4.74 Å². The number of ketones is 1. The molecule has 5 nitrogen and oxygen atoms in total. The van der Waals surface area contributed by atoms with E-state index < -0.39 is 17.7 Å². The van der Waals surface area contributed by atoms with Gasteiger partial charge in [0, 0.05) is 23.2 Å². The average molecular weight is 446 g/mol. The van der Waals surface area contributed by atoms with Crippen molar-refractivity contribution < 1.29 is 19.4 Å². The monoisotopic (exact) mass is 445 g/mol. The Labute approximate surface area is 173 Å². The number of allylic oxidation sites excluding steroid dienone is 2. The van der Waals surface area contributed by atoms with E-state index in [0.717, 1.165) is 36.6 Å². The second kappa shape index (κ2) is 8.21. The number of Topliss-reactive ketones (excluding diaryl/α,β-unsaturated/α-hetero) is 1. The highest BCUT2D eigenvalue weighted by atomic mass is 79.9. The van der Waals surface area contributed by atoms with Crippen LogP contribution in [-0.2, 0) is 14.3 Å². The molecule has 1 aromatic rings. The second-order valence-electron chi connectivity index (χ2n) is 7.68. The van der Waals surface area contributed by atoms with Crippen LogP contribution in [0.4, 0.5) is 0 Å². The molecule has 1 amide bonds. The zero-order valence-electron chi connectivity index (χ0n) is 15.6. The van der Waals surface area contributed by atoms with Gasteiger partial charge in [-0.25, -0.2) is 0 Å². The third-order valence-electron chi connectivity index (χ3n) is 5.88. The molecule has 1 aliphatic carbocycles. The number of amides is 1. The van der Waals surface area contributed by atoms with Gasteiger partial charge in [0.05, 0.1) is 17.7 Å². The van der Waals surface area contributed by atoms with Gasteiger partial charge in [0.25, 0.3) is 11.7 Å². The number of carbonyl (C=O) groups excluding carboxylic acids is 2. The topological polar surface area (TPSA) is 66.8 Å². The molecule has 3 atom stereocenters. The van der Waals surface area contributed by atoms with Crippen LogP contribution in [0.3, 0.4) is 0 Å². The van der Waals surface area contributed by atoms with Crippen molar-refractivity contribution in [3.8, 4) is 0 Å². The van der Waals surface area contributed by atoms with Crippen molar-refractivity contribution in [2.75, 3.05) is 13.2 Å². The fourth-order valence-electron chi connectivity index (χ4n) is 4.47. The van der Waals surface area contributed by atoms with E-state index >= 15 is 0 Å². The summed E-state index contributed by atoms with van der Waals surface area (Å²) in [6.07, 6.45) is 8.69. The predicted molar refractivity (Wildman–Crippen MR) is 110 cm³/mol. The molecule has 2 aliphatic heterocycles. The molecule has 0 radical (unpaired) electrons. The summed E-state index contributed by atoms with van der Waals surface area (Å²) >= 11 is 3.38. The number of nitrogens with zero attached hydrogens (tertiary/aromatic N) is 1. The molecule has 2 heterocycles. The first-order valence-corrected chi connectivity index (χ1v) is 10.7. The summed E-state index contributed by atoms with van der Waals surface area (Å²) in [6.45, 7) is 1.11. The van der Waals surface area contributed by atoms with E-state index in [0.29, 0.717) is 18.7 Å². The van der Waals surface area contributed by atoms with Gasteiger partial charge in [0.1, 0.15) is 5.76 Å². The molecule has 6 heteroatoms. The highest BCUT2D eigenvalue weighted by Gasteiger charge is 2.49. The third-order valence-corrected chi connectivity index (χ3v) is 6.41. The van der Waals surface area contributed by atoms with E-state index in [9.17, 15) is 14.7 Å². The highest BCUT2D eigenvalue weighted by Crippen LogP contribution is 2.38. The molecular formula is C22H24BrNO4. The summed E-state index contributed by atoms with van der Waals surface area (Å²) in [6, 6.07) is 6.74. The normalized spacial score (nSPS) is 29.6. The number of carbonyl (C=O) groups is 2. The lowest BCUT2D eigenvalue weighted by atomic mass is 9.83. The smallest absolute Gasteiger partial charge is 0.295 e. The molecule has 0 aromatic heterocycles. The first-order valence-electron chi connectivity index (χ1n) is 9.87. The molecule has 2 fully saturated rings. The van der Waals surface area contributed by atoms with E-state index in [1.165, 1.54) is 0 Å². The standard InChI is InChI=1S/C22H24BrNO4/c23-16-10-8-15(9-11-16)20(25)18-19(14-5-2-1-3-6-14)24(22(27)21(18)26)13-17-7-4-12-28-17/h1-2,8-11,14,17,19,25H,3-7,12-13H2/b20-18+. The number of likely N-dealkylation sites (tertiary alicyclic amines) is 1. The predicted octanol–water partition coefficient (Wildman–Crippen LogP) is 4.03. The molecule has 148 valence electrons. The summed E-state index contributed by atoms with van der Waals surface area (Å²) < 4.78 is 6.61. The van der Waals surface area contributed by atoms with Gasteiger partial charge >= 0.3 is 0 Å². The van der Waals surface area contributed by atoms with Crippen molar-refractivity contribution >= 4 is 33.4 Å². The zero-order valence-corrected chi connectivity index (χ0v) is 17.2.